The summed E-state index contributed by atoms with van der Waals surface area (Å²) in [6.07, 6.45) is 0. The van der Waals surface area contributed by atoms with Gasteiger partial charge >= 0.3 is 0 Å². The molecule has 3 heteroatoms. The lowest BCUT2D eigenvalue weighted by Crippen LogP contribution is -2.67. The van der Waals surface area contributed by atoms with Crippen LogP contribution in [0.2, 0.25) is 0 Å². The summed E-state index contributed by atoms with van der Waals surface area (Å²) in [7, 11) is 0. The Hall–Kier alpha value is -0.830. The van der Waals surface area contributed by atoms with E-state index in [9.17, 15) is 4.79 Å². The average Bonchev–Trinajstić information content (AvgIpc) is 1.96. The summed E-state index contributed by atoms with van der Waals surface area (Å²) in [6, 6.07) is 0. The Kier molecular flexibility index (Phi) is 2.97. The maximum Gasteiger partial charge on any atom is 0.249 e. The normalized spacial score (nSPS) is 23.7. The third-order valence-electron chi connectivity index (χ3n) is 2.50. The molecule has 0 aliphatic carbocycles. The van der Waals surface area contributed by atoms with E-state index in [1.165, 1.54) is 0 Å². The minimum Gasteiger partial charge on any atom is -0.335 e. The molecule has 0 bridgehead atoms. The topological polar surface area (TPSA) is 32.3 Å². The Morgan fingerprint density at radius 2 is 1.60 bits per heavy atom. The van der Waals surface area contributed by atoms with Crippen LogP contribution in [-0.4, -0.2) is 35.0 Å². The van der Waals surface area contributed by atoms with Crippen LogP contribution in [0.5, 0.6) is 0 Å². The fraction of sp³-hybridized carbons (Fsp3) is 0.750. The van der Waals surface area contributed by atoms with Gasteiger partial charge < -0.3 is 10.2 Å². The second-order valence-electron chi connectivity index (χ2n) is 5.83. The number of hydrogen-bond donors (Lipinski definition) is 1. The quantitative estimate of drug-likeness (QED) is 0.666. The summed E-state index contributed by atoms with van der Waals surface area (Å²) in [5.74, 6) is 0.0673. The molecule has 1 heterocycles. The van der Waals surface area contributed by atoms with Crippen molar-refractivity contribution in [2.24, 2.45) is 0 Å². The van der Waals surface area contributed by atoms with E-state index in [2.05, 4.69) is 39.6 Å². The van der Waals surface area contributed by atoms with Crippen molar-refractivity contribution in [2.75, 3.05) is 13.1 Å². The van der Waals surface area contributed by atoms with Crippen molar-refractivity contribution in [1.82, 2.24) is 10.2 Å². The lowest BCUT2D eigenvalue weighted by Gasteiger charge is -2.48. The molecular formula is C12H22N2O. The highest BCUT2D eigenvalue weighted by atomic mass is 16.2. The first-order valence-electron chi connectivity index (χ1n) is 5.37. The third-order valence-corrected chi connectivity index (χ3v) is 2.50. The van der Waals surface area contributed by atoms with Crippen LogP contribution >= 0.6 is 0 Å². The van der Waals surface area contributed by atoms with E-state index in [4.69, 9.17) is 0 Å². The van der Waals surface area contributed by atoms with Crippen LogP contribution in [0.15, 0.2) is 12.2 Å². The summed E-state index contributed by atoms with van der Waals surface area (Å²) in [5, 5.41) is 3.53. The van der Waals surface area contributed by atoms with Gasteiger partial charge in [0.2, 0.25) is 5.91 Å². The second-order valence-corrected chi connectivity index (χ2v) is 5.83. The van der Waals surface area contributed by atoms with Gasteiger partial charge in [0.25, 0.3) is 0 Å². The molecule has 1 aliphatic heterocycles. The number of amides is 1. The van der Waals surface area contributed by atoms with Crippen molar-refractivity contribution in [3.05, 3.63) is 12.2 Å². The Balaban J connectivity index is 2.84. The van der Waals surface area contributed by atoms with E-state index in [1.807, 2.05) is 4.90 Å². The van der Waals surface area contributed by atoms with Crippen LogP contribution in [0, 0.1) is 0 Å². The molecule has 86 valence electrons. The molecule has 1 amide bonds. The first kappa shape index (κ1) is 12.2. The molecule has 0 aromatic heterocycles. The van der Waals surface area contributed by atoms with Gasteiger partial charge in [-0.15, -0.1) is 0 Å². The van der Waals surface area contributed by atoms with E-state index in [1.54, 1.807) is 6.92 Å². The summed E-state index contributed by atoms with van der Waals surface area (Å²) >= 11 is 0. The van der Waals surface area contributed by atoms with Crippen LogP contribution in [0.25, 0.3) is 0 Å². The number of carbonyl (C=O) groups excluding carboxylic acids is 1. The van der Waals surface area contributed by atoms with Crippen molar-refractivity contribution in [2.45, 2.75) is 45.7 Å². The number of hydrogen-bond acceptors (Lipinski definition) is 2. The largest absolute Gasteiger partial charge is 0.335 e. The van der Waals surface area contributed by atoms with E-state index in [0.717, 1.165) is 13.1 Å². The van der Waals surface area contributed by atoms with Crippen LogP contribution in [0.4, 0.5) is 0 Å². The molecule has 1 N–H and O–H groups in total. The molecule has 0 atom stereocenters. The zero-order valence-corrected chi connectivity index (χ0v) is 10.5. The molecular weight excluding hydrogens is 188 g/mol. The minimum absolute atomic E-state index is 0.0349. The number of nitrogens with one attached hydrogen (secondary N) is 1. The Bertz CT molecular complexity index is 276. The SMILES string of the molecule is C=C(C)C(=O)N1CC(C)(C)NC(C)(C)C1. The molecule has 1 rings (SSSR count). The Morgan fingerprint density at radius 1 is 1.20 bits per heavy atom. The smallest absolute Gasteiger partial charge is 0.249 e. The lowest BCUT2D eigenvalue weighted by atomic mass is 9.91. The van der Waals surface area contributed by atoms with E-state index in [0.29, 0.717) is 5.57 Å². The monoisotopic (exact) mass is 210 g/mol. The standard InChI is InChI=1S/C12H22N2O/c1-9(2)10(15)14-7-11(3,4)13-12(5,6)8-14/h13H,1,7-8H2,2-6H3. The summed E-state index contributed by atoms with van der Waals surface area (Å²) < 4.78 is 0. The van der Waals surface area contributed by atoms with E-state index < -0.39 is 0 Å². The molecule has 1 saturated heterocycles. The average molecular weight is 210 g/mol. The van der Waals surface area contributed by atoms with Gasteiger partial charge in [-0.3, -0.25) is 4.79 Å². The zero-order valence-electron chi connectivity index (χ0n) is 10.5. The molecule has 1 fully saturated rings. The molecule has 15 heavy (non-hydrogen) atoms. The first-order valence-corrected chi connectivity index (χ1v) is 5.37. The summed E-state index contributed by atoms with van der Waals surface area (Å²) in [4.78, 5) is 13.8. The first-order chi connectivity index (χ1) is 6.63. The predicted molar refractivity (Wildman–Crippen MR) is 62.7 cm³/mol. The van der Waals surface area contributed by atoms with Gasteiger partial charge in [0.15, 0.2) is 0 Å². The lowest BCUT2D eigenvalue weighted by molar-refractivity contribution is -0.131. The highest BCUT2D eigenvalue weighted by Crippen LogP contribution is 2.21. The molecule has 1 aliphatic rings. The molecule has 0 aromatic carbocycles. The Morgan fingerprint density at radius 3 is 1.93 bits per heavy atom. The highest BCUT2D eigenvalue weighted by molar-refractivity contribution is 5.92. The van der Waals surface area contributed by atoms with Crippen LogP contribution in [0.1, 0.15) is 34.6 Å². The molecule has 3 nitrogen and oxygen atoms in total. The minimum atomic E-state index is -0.0349. The summed E-state index contributed by atoms with van der Waals surface area (Å²) in [5.41, 5.74) is 0.545. The molecule has 0 spiro atoms. The van der Waals surface area contributed by atoms with Gasteiger partial charge in [-0.25, -0.2) is 0 Å². The highest BCUT2D eigenvalue weighted by Gasteiger charge is 2.38. The summed E-state index contributed by atoms with van der Waals surface area (Å²) in [6.45, 7) is 15.4. The van der Waals surface area contributed by atoms with Crippen molar-refractivity contribution >= 4 is 5.91 Å². The van der Waals surface area contributed by atoms with Crippen molar-refractivity contribution in [1.29, 1.82) is 0 Å². The van der Waals surface area contributed by atoms with Crippen molar-refractivity contribution in [3.8, 4) is 0 Å². The fourth-order valence-electron chi connectivity index (χ4n) is 2.42. The molecule has 0 radical (unpaired) electrons. The van der Waals surface area contributed by atoms with Gasteiger partial charge in [0.05, 0.1) is 0 Å². The Labute approximate surface area is 92.5 Å². The van der Waals surface area contributed by atoms with Gasteiger partial charge in [0.1, 0.15) is 0 Å². The molecule has 0 unspecified atom stereocenters. The molecule has 0 saturated carbocycles. The second kappa shape index (κ2) is 3.63. The molecule has 0 aromatic rings. The third kappa shape index (κ3) is 3.06. The number of piperazine rings is 1. The van der Waals surface area contributed by atoms with Crippen LogP contribution < -0.4 is 5.32 Å². The zero-order chi connectivity index (χ0) is 11.9. The van der Waals surface area contributed by atoms with Gasteiger partial charge in [-0.1, -0.05) is 6.58 Å². The van der Waals surface area contributed by atoms with Crippen LogP contribution in [0.3, 0.4) is 0 Å². The van der Waals surface area contributed by atoms with Gasteiger partial charge in [-0.2, -0.15) is 0 Å². The van der Waals surface area contributed by atoms with Gasteiger partial charge in [0, 0.05) is 29.7 Å². The van der Waals surface area contributed by atoms with Crippen molar-refractivity contribution in [3.63, 3.8) is 0 Å². The maximum absolute atomic E-state index is 11.9. The maximum atomic E-state index is 11.9. The van der Waals surface area contributed by atoms with Crippen LogP contribution in [-0.2, 0) is 4.79 Å². The number of nitrogens with zero attached hydrogens (tertiary/aromatic N) is 1. The fourth-order valence-corrected chi connectivity index (χ4v) is 2.42. The number of carbonyl (C=O) groups is 1. The van der Waals surface area contributed by atoms with E-state index >= 15 is 0 Å². The number of rotatable bonds is 1. The van der Waals surface area contributed by atoms with E-state index in [-0.39, 0.29) is 17.0 Å². The van der Waals surface area contributed by atoms with Crippen molar-refractivity contribution < 1.29 is 4.79 Å². The van der Waals surface area contributed by atoms with Gasteiger partial charge in [-0.05, 0) is 34.6 Å². The predicted octanol–water partition coefficient (Wildman–Crippen LogP) is 1.55.